The molecule has 0 aliphatic carbocycles. The Kier molecular flexibility index (Phi) is 4.23. The van der Waals surface area contributed by atoms with E-state index >= 15 is 0 Å². The van der Waals surface area contributed by atoms with Crippen molar-refractivity contribution in [2.75, 3.05) is 18.0 Å². The van der Waals surface area contributed by atoms with E-state index in [9.17, 15) is 13.2 Å². The number of aromatic nitrogens is 4. The second kappa shape index (κ2) is 6.17. The molecule has 0 amide bonds. The Balaban J connectivity index is 1.66. The Bertz CT molecular complexity index is 646. The highest BCUT2D eigenvalue weighted by molar-refractivity contribution is 5.33. The van der Waals surface area contributed by atoms with E-state index < -0.39 is 11.9 Å². The summed E-state index contributed by atoms with van der Waals surface area (Å²) in [5.74, 6) is 0.672. The summed E-state index contributed by atoms with van der Waals surface area (Å²) >= 11 is 0. The van der Waals surface area contributed by atoms with Gasteiger partial charge in [0.15, 0.2) is 0 Å². The Morgan fingerprint density at radius 3 is 2.57 bits per heavy atom. The lowest BCUT2D eigenvalue weighted by atomic mass is 9.97. The number of halogens is 3. The van der Waals surface area contributed by atoms with Crippen LogP contribution >= 0.6 is 0 Å². The molecule has 5 nitrogen and oxygen atoms in total. The van der Waals surface area contributed by atoms with E-state index in [-0.39, 0.29) is 5.95 Å². The molecule has 0 bridgehead atoms. The summed E-state index contributed by atoms with van der Waals surface area (Å²) in [6, 6.07) is 0.981. The lowest BCUT2D eigenvalue weighted by Crippen LogP contribution is -2.36. The van der Waals surface area contributed by atoms with Crippen LogP contribution in [0.1, 0.15) is 24.2 Å². The van der Waals surface area contributed by atoms with Gasteiger partial charge in [-0.15, -0.1) is 0 Å². The maximum absolute atomic E-state index is 12.9. The van der Waals surface area contributed by atoms with Gasteiger partial charge < -0.3 is 9.47 Å². The van der Waals surface area contributed by atoms with Gasteiger partial charge in [0.1, 0.15) is 5.69 Å². The highest BCUT2D eigenvalue weighted by Crippen LogP contribution is 2.30. The predicted molar refractivity (Wildman–Crippen MR) is 78.9 cm³/mol. The van der Waals surface area contributed by atoms with E-state index in [1.807, 2.05) is 15.7 Å². The number of hydrogen-bond acceptors (Lipinski definition) is 4. The van der Waals surface area contributed by atoms with Crippen LogP contribution in [-0.4, -0.2) is 32.6 Å². The van der Waals surface area contributed by atoms with E-state index in [0.29, 0.717) is 24.7 Å². The van der Waals surface area contributed by atoms with Crippen molar-refractivity contribution >= 4 is 5.95 Å². The first kappa shape index (κ1) is 15.8. The molecule has 3 rings (SSSR count). The lowest BCUT2D eigenvalue weighted by molar-refractivity contribution is -0.141. The maximum Gasteiger partial charge on any atom is 0.433 e. The van der Waals surface area contributed by atoms with Crippen LogP contribution in [0.2, 0.25) is 0 Å². The van der Waals surface area contributed by atoms with Gasteiger partial charge >= 0.3 is 6.18 Å². The normalized spacial score (nSPS) is 16.8. The molecule has 3 heterocycles. The van der Waals surface area contributed by atoms with Crippen LogP contribution < -0.4 is 4.90 Å². The Labute approximate surface area is 132 Å². The Hall–Kier alpha value is -2.12. The molecule has 0 radical (unpaired) electrons. The van der Waals surface area contributed by atoms with Gasteiger partial charge in [0.2, 0.25) is 5.95 Å². The van der Waals surface area contributed by atoms with Gasteiger partial charge in [0, 0.05) is 37.7 Å². The van der Waals surface area contributed by atoms with Crippen molar-refractivity contribution in [1.82, 2.24) is 19.5 Å². The number of aryl methyl sites for hydroxylation is 1. The number of imidazole rings is 1. The van der Waals surface area contributed by atoms with Gasteiger partial charge in [-0.2, -0.15) is 13.2 Å². The third-order valence-electron chi connectivity index (χ3n) is 4.06. The van der Waals surface area contributed by atoms with Crippen molar-refractivity contribution in [3.63, 3.8) is 0 Å². The quantitative estimate of drug-likeness (QED) is 0.870. The number of piperidine rings is 1. The number of rotatable bonds is 3. The predicted octanol–water partition coefficient (Wildman–Crippen LogP) is 2.92. The van der Waals surface area contributed by atoms with Crippen LogP contribution in [0.4, 0.5) is 19.1 Å². The maximum atomic E-state index is 12.9. The minimum absolute atomic E-state index is 0.179. The highest BCUT2D eigenvalue weighted by Gasteiger charge is 2.34. The Morgan fingerprint density at radius 1 is 1.22 bits per heavy atom. The first-order valence-corrected chi connectivity index (χ1v) is 7.55. The summed E-state index contributed by atoms with van der Waals surface area (Å²) < 4.78 is 40.6. The van der Waals surface area contributed by atoms with Crippen molar-refractivity contribution in [2.24, 2.45) is 5.92 Å². The van der Waals surface area contributed by atoms with Gasteiger partial charge in [-0.05, 0) is 31.7 Å². The van der Waals surface area contributed by atoms with Crippen molar-refractivity contribution in [3.05, 3.63) is 36.2 Å². The average Bonchev–Trinajstić information content (AvgIpc) is 2.99. The van der Waals surface area contributed by atoms with Crippen molar-refractivity contribution in [3.8, 4) is 0 Å². The second-order valence-corrected chi connectivity index (χ2v) is 5.88. The van der Waals surface area contributed by atoms with E-state index in [2.05, 4.69) is 15.0 Å². The molecule has 1 fully saturated rings. The van der Waals surface area contributed by atoms with Gasteiger partial charge in [-0.1, -0.05) is 0 Å². The molecule has 8 heteroatoms. The number of alkyl halides is 3. The minimum Gasteiger partial charge on any atom is -0.341 e. The molecular formula is C15H18F3N5. The van der Waals surface area contributed by atoms with Crippen LogP contribution in [0.5, 0.6) is 0 Å². The molecule has 1 aliphatic heterocycles. The summed E-state index contributed by atoms with van der Waals surface area (Å²) in [4.78, 5) is 13.7. The number of hydrogen-bond donors (Lipinski definition) is 0. The smallest absolute Gasteiger partial charge is 0.341 e. The summed E-state index contributed by atoms with van der Waals surface area (Å²) in [6.45, 7) is 3.78. The van der Waals surface area contributed by atoms with Gasteiger partial charge in [-0.3, -0.25) is 0 Å². The van der Waals surface area contributed by atoms with Gasteiger partial charge in [0.05, 0.1) is 6.33 Å². The molecule has 0 unspecified atom stereocenters. The molecule has 0 aromatic carbocycles. The highest BCUT2D eigenvalue weighted by atomic mass is 19.4. The molecule has 0 saturated carbocycles. The molecular weight excluding hydrogens is 307 g/mol. The zero-order valence-electron chi connectivity index (χ0n) is 12.8. The topological polar surface area (TPSA) is 46.8 Å². The van der Waals surface area contributed by atoms with Crippen LogP contribution in [-0.2, 0) is 12.7 Å². The standard InChI is InChI=1S/C15H18F3N5/c1-11-8-13(15(16,17)18)21-14(20-11)23-5-2-12(3-6-23)9-22-7-4-19-10-22/h4,7-8,10,12H,2-3,5-6,9H2,1H3. The van der Waals surface area contributed by atoms with Crippen LogP contribution in [0.3, 0.4) is 0 Å². The fraction of sp³-hybridized carbons (Fsp3) is 0.533. The van der Waals surface area contributed by atoms with Crippen LogP contribution in [0.25, 0.3) is 0 Å². The van der Waals surface area contributed by atoms with E-state index in [4.69, 9.17) is 0 Å². The van der Waals surface area contributed by atoms with E-state index in [1.54, 1.807) is 19.4 Å². The Morgan fingerprint density at radius 2 is 1.96 bits per heavy atom. The fourth-order valence-electron chi connectivity index (χ4n) is 2.85. The van der Waals surface area contributed by atoms with E-state index in [0.717, 1.165) is 25.5 Å². The molecule has 0 N–H and O–H groups in total. The average molecular weight is 325 g/mol. The first-order valence-electron chi connectivity index (χ1n) is 7.55. The zero-order valence-corrected chi connectivity index (χ0v) is 12.8. The van der Waals surface area contributed by atoms with E-state index in [1.165, 1.54) is 0 Å². The molecule has 2 aromatic rings. The van der Waals surface area contributed by atoms with Crippen molar-refractivity contribution in [1.29, 1.82) is 0 Å². The number of nitrogens with zero attached hydrogens (tertiary/aromatic N) is 5. The molecule has 23 heavy (non-hydrogen) atoms. The monoisotopic (exact) mass is 325 g/mol. The summed E-state index contributed by atoms with van der Waals surface area (Å²) in [7, 11) is 0. The molecule has 1 saturated heterocycles. The van der Waals surface area contributed by atoms with Crippen LogP contribution in [0.15, 0.2) is 24.8 Å². The van der Waals surface area contributed by atoms with Gasteiger partial charge in [-0.25, -0.2) is 15.0 Å². The summed E-state index contributed by atoms with van der Waals surface area (Å²) in [6.07, 6.45) is 2.81. The largest absolute Gasteiger partial charge is 0.433 e. The minimum atomic E-state index is -4.44. The second-order valence-electron chi connectivity index (χ2n) is 5.88. The molecule has 1 aliphatic rings. The van der Waals surface area contributed by atoms with Crippen molar-refractivity contribution < 1.29 is 13.2 Å². The zero-order chi connectivity index (χ0) is 16.4. The number of anilines is 1. The summed E-state index contributed by atoms with van der Waals surface area (Å²) in [5, 5.41) is 0. The first-order chi connectivity index (χ1) is 10.9. The molecule has 0 atom stereocenters. The molecule has 124 valence electrons. The molecule has 2 aromatic heterocycles. The SMILES string of the molecule is Cc1cc(C(F)(F)F)nc(N2CCC(Cn3ccnc3)CC2)n1. The third-order valence-corrected chi connectivity index (χ3v) is 4.06. The van der Waals surface area contributed by atoms with Crippen LogP contribution in [0, 0.1) is 12.8 Å². The van der Waals surface area contributed by atoms with Crippen molar-refractivity contribution in [2.45, 2.75) is 32.5 Å². The lowest BCUT2D eigenvalue weighted by Gasteiger charge is -2.32. The fourth-order valence-corrected chi connectivity index (χ4v) is 2.85. The molecule has 0 spiro atoms. The summed E-state index contributed by atoms with van der Waals surface area (Å²) in [5.41, 5.74) is -0.539. The van der Waals surface area contributed by atoms with Gasteiger partial charge in [0.25, 0.3) is 0 Å². The third kappa shape index (κ3) is 3.80.